The average molecular weight is 750 g/mol. The van der Waals surface area contributed by atoms with Gasteiger partial charge >= 0.3 is 0 Å². The third kappa shape index (κ3) is 7.58. The molecule has 5 heterocycles. The number of fused-ring (bicyclic) bond motifs is 2. The van der Waals surface area contributed by atoms with Gasteiger partial charge in [0.25, 0.3) is 11.8 Å². The van der Waals surface area contributed by atoms with Gasteiger partial charge in [-0.1, -0.05) is 12.2 Å². The Balaban J connectivity index is 1.25. The first-order valence-corrected chi connectivity index (χ1v) is 17.4. The average Bonchev–Trinajstić information content (AvgIpc) is 3.88. The van der Waals surface area contributed by atoms with E-state index in [4.69, 9.17) is 30.0 Å². The minimum absolute atomic E-state index is 0.0501. The van der Waals surface area contributed by atoms with Gasteiger partial charge in [-0.3, -0.25) is 34.7 Å². The maximum absolute atomic E-state index is 13.5. The topological polar surface area (TPSA) is 245 Å². The number of carbonyl (C=O) groups is 4. The van der Waals surface area contributed by atoms with Crippen molar-refractivity contribution >= 4 is 57.6 Å². The molecule has 0 saturated carbocycles. The van der Waals surface area contributed by atoms with Gasteiger partial charge in [0.1, 0.15) is 0 Å². The lowest BCUT2D eigenvalue weighted by Gasteiger charge is -2.27. The number of primary amides is 2. The van der Waals surface area contributed by atoms with E-state index in [0.29, 0.717) is 78.1 Å². The Labute approximate surface area is 313 Å². The second-order valence-corrected chi connectivity index (χ2v) is 13.1. The predicted octanol–water partition coefficient (Wildman–Crippen LogP) is 3.39. The van der Waals surface area contributed by atoms with Crippen LogP contribution in [0.25, 0.3) is 22.1 Å². The van der Waals surface area contributed by atoms with E-state index in [0.717, 1.165) is 5.56 Å². The van der Waals surface area contributed by atoms with Crippen molar-refractivity contribution in [2.24, 2.45) is 11.5 Å². The molecular weight excluding hydrogens is 710 g/mol. The molecule has 2 aromatic carbocycles. The first kappa shape index (κ1) is 36.7. The maximum atomic E-state index is 13.5. The highest BCUT2D eigenvalue weighted by molar-refractivity contribution is 6.04. The third-order valence-electron chi connectivity index (χ3n) is 9.15. The summed E-state index contributed by atoms with van der Waals surface area (Å²) in [7, 11) is 0. The molecule has 0 unspecified atom stereocenters. The van der Waals surface area contributed by atoms with Crippen LogP contribution in [0.1, 0.15) is 70.6 Å². The van der Waals surface area contributed by atoms with E-state index >= 15 is 0 Å². The number of nitrogens with zero attached hydrogens (tertiary/aromatic N) is 7. The Hall–Kier alpha value is -6.66. The number of allylic oxidation sites excluding steroid dienone is 2. The van der Waals surface area contributed by atoms with Gasteiger partial charge in [0.15, 0.2) is 11.8 Å². The molecular formula is C37H39N11O7. The molecule has 0 radical (unpaired) electrons. The molecule has 4 aromatic heterocycles. The first-order valence-electron chi connectivity index (χ1n) is 17.4. The van der Waals surface area contributed by atoms with Crippen LogP contribution in [0.5, 0.6) is 0 Å². The molecule has 4 amide bonds. The number of ether oxygens (including phenoxy) is 1. The van der Waals surface area contributed by atoms with Crippen LogP contribution >= 0.6 is 0 Å². The van der Waals surface area contributed by atoms with E-state index in [1.165, 1.54) is 0 Å². The number of hydrogen-bond acceptors (Lipinski definition) is 12. The summed E-state index contributed by atoms with van der Waals surface area (Å²) in [6.45, 7) is 10.1. The lowest BCUT2D eigenvalue weighted by molar-refractivity contribution is 0.0343. The normalized spacial score (nSPS) is 13.6. The summed E-state index contributed by atoms with van der Waals surface area (Å²) in [4.78, 5) is 71.1. The standard InChI is InChI=1S/C37H39N11O7/c1-19-30(54-21(3)40-19)34(51)44-36-42-26-16-23(32(38)49)7-8-28(26)47(36)9-5-6-10-48-29-25(18-46-11-13-53-14-12-46)15-24(33(39)50)17-27(29)43-37(48)45-35(52)31-20(2)41-22(4)55-31/h5-8,15-17H,9-14,18H2,1-4H3,(H2,38,49)(H2,39,50)(H,42,44,51)(H,43,45,52)/b6-5+. The minimum Gasteiger partial charge on any atom is -0.436 e. The fourth-order valence-electron chi connectivity index (χ4n) is 6.61. The number of morpholine rings is 1. The summed E-state index contributed by atoms with van der Waals surface area (Å²) in [6.07, 6.45) is 3.74. The number of amides is 4. The molecule has 55 heavy (non-hydrogen) atoms. The van der Waals surface area contributed by atoms with Gasteiger partial charge < -0.3 is 34.2 Å². The zero-order chi connectivity index (χ0) is 39.0. The second-order valence-electron chi connectivity index (χ2n) is 13.1. The number of anilines is 2. The molecule has 6 N–H and O–H groups in total. The molecule has 0 atom stereocenters. The number of imidazole rings is 2. The minimum atomic E-state index is -0.616. The van der Waals surface area contributed by atoms with Crippen LogP contribution in [0.15, 0.2) is 51.3 Å². The fraction of sp³-hybridized carbons (Fsp3) is 0.297. The monoisotopic (exact) mass is 749 g/mol. The number of nitrogens with one attached hydrogen (secondary N) is 2. The molecule has 284 valence electrons. The molecule has 7 rings (SSSR count). The Kier molecular flexibility index (Phi) is 10.0. The molecule has 18 heteroatoms. The van der Waals surface area contributed by atoms with Gasteiger partial charge in [-0.05, 0) is 49.7 Å². The summed E-state index contributed by atoms with van der Waals surface area (Å²) >= 11 is 0. The molecule has 1 fully saturated rings. The predicted molar refractivity (Wildman–Crippen MR) is 200 cm³/mol. The van der Waals surface area contributed by atoms with Crippen molar-refractivity contribution < 1.29 is 32.7 Å². The smallest absolute Gasteiger partial charge is 0.295 e. The van der Waals surface area contributed by atoms with E-state index in [2.05, 4.69) is 30.5 Å². The van der Waals surface area contributed by atoms with Crippen LogP contribution in [0.3, 0.4) is 0 Å². The molecule has 1 saturated heterocycles. The highest BCUT2D eigenvalue weighted by Crippen LogP contribution is 2.28. The van der Waals surface area contributed by atoms with Gasteiger partial charge in [-0.15, -0.1) is 0 Å². The third-order valence-corrected chi connectivity index (χ3v) is 9.15. The van der Waals surface area contributed by atoms with Gasteiger partial charge in [-0.25, -0.2) is 19.9 Å². The Morgan fingerprint density at radius 1 is 0.727 bits per heavy atom. The zero-order valence-corrected chi connectivity index (χ0v) is 30.6. The number of oxazole rings is 2. The number of aromatic nitrogens is 6. The first-order chi connectivity index (χ1) is 26.4. The molecule has 18 nitrogen and oxygen atoms in total. The number of hydrogen-bond donors (Lipinski definition) is 4. The molecule has 0 spiro atoms. The van der Waals surface area contributed by atoms with E-state index in [1.807, 2.05) is 16.7 Å². The quantitative estimate of drug-likeness (QED) is 0.132. The summed E-state index contributed by atoms with van der Waals surface area (Å²) in [5.74, 6) is -1.11. The van der Waals surface area contributed by atoms with Crippen molar-refractivity contribution in [3.63, 3.8) is 0 Å². The number of benzene rings is 2. The van der Waals surface area contributed by atoms with Crippen LogP contribution in [0.4, 0.5) is 11.9 Å². The largest absolute Gasteiger partial charge is 0.436 e. The Bertz CT molecular complexity index is 2520. The number of nitrogens with two attached hydrogens (primary N) is 2. The van der Waals surface area contributed by atoms with Crippen LogP contribution < -0.4 is 22.1 Å². The lowest BCUT2D eigenvalue weighted by atomic mass is 10.1. The van der Waals surface area contributed by atoms with Gasteiger partial charge in [0.05, 0.1) is 46.7 Å². The lowest BCUT2D eigenvalue weighted by Crippen LogP contribution is -2.35. The maximum Gasteiger partial charge on any atom is 0.295 e. The Morgan fingerprint density at radius 2 is 1.27 bits per heavy atom. The van der Waals surface area contributed by atoms with Crippen molar-refractivity contribution in [1.29, 1.82) is 0 Å². The zero-order valence-electron chi connectivity index (χ0n) is 30.6. The SMILES string of the molecule is Cc1nc(C)c(C(=O)Nc2nc3cc(C(N)=O)ccc3n2C/C=C/Cn2c(NC(=O)c3oc(C)nc3C)nc3cc(C(N)=O)cc(CN4CCOCC4)c32)o1. The fourth-order valence-corrected chi connectivity index (χ4v) is 6.61. The molecule has 0 bridgehead atoms. The van der Waals surface area contributed by atoms with E-state index in [1.54, 1.807) is 62.6 Å². The molecule has 1 aliphatic heterocycles. The van der Waals surface area contributed by atoms with Gasteiger partial charge in [0, 0.05) is 57.7 Å². The van der Waals surface area contributed by atoms with Gasteiger partial charge in [0.2, 0.25) is 35.2 Å². The van der Waals surface area contributed by atoms with E-state index in [-0.39, 0.29) is 47.6 Å². The van der Waals surface area contributed by atoms with E-state index < -0.39 is 23.6 Å². The summed E-state index contributed by atoms with van der Waals surface area (Å²) < 4.78 is 20.3. The Morgan fingerprint density at radius 3 is 1.84 bits per heavy atom. The molecule has 1 aliphatic rings. The number of rotatable bonds is 12. The van der Waals surface area contributed by atoms with Crippen molar-refractivity contribution in [3.05, 3.63) is 93.9 Å². The molecule has 6 aromatic rings. The van der Waals surface area contributed by atoms with Crippen LogP contribution in [-0.4, -0.2) is 83.9 Å². The van der Waals surface area contributed by atoms with Crippen LogP contribution in [0, 0.1) is 27.7 Å². The summed E-state index contributed by atoms with van der Waals surface area (Å²) in [5, 5.41) is 5.69. The highest BCUT2D eigenvalue weighted by Gasteiger charge is 2.24. The van der Waals surface area contributed by atoms with Crippen LogP contribution in [-0.2, 0) is 24.4 Å². The van der Waals surface area contributed by atoms with Crippen molar-refractivity contribution in [2.45, 2.75) is 47.3 Å². The van der Waals surface area contributed by atoms with Crippen molar-refractivity contribution in [2.75, 3.05) is 36.9 Å². The summed E-state index contributed by atoms with van der Waals surface area (Å²) in [6, 6.07) is 8.20. The van der Waals surface area contributed by atoms with Gasteiger partial charge in [-0.2, -0.15) is 0 Å². The van der Waals surface area contributed by atoms with Crippen molar-refractivity contribution in [3.8, 4) is 0 Å². The second kappa shape index (κ2) is 15.0. The van der Waals surface area contributed by atoms with Crippen molar-refractivity contribution in [1.82, 2.24) is 34.0 Å². The number of carbonyl (C=O) groups excluding carboxylic acids is 4. The summed E-state index contributed by atoms with van der Waals surface area (Å²) in [5.41, 5.74) is 15.7. The van der Waals surface area contributed by atoms with Crippen LogP contribution in [0.2, 0.25) is 0 Å². The number of aryl methyl sites for hydroxylation is 4. The molecule has 0 aliphatic carbocycles. The van der Waals surface area contributed by atoms with E-state index in [9.17, 15) is 19.2 Å². The highest BCUT2D eigenvalue weighted by atomic mass is 16.5.